The third-order valence-corrected chi connectivity index (χ3v) is 3.87. The molecule has 0 atom stereocenters. The van der Waals surface area contributed by atoms with Crippen LogP contribution >= 0.6 is 0 Å². The first-order chi connectivity index (χ1) is 9.38. The number of aromatic carboxylic acids is 1. The highest BCUT2D eigenvalue weighted by Gasteiger charge is 2.40. The lowest BCUT2D eigenvalue weighted by Crippen LogP contribution is -2.31. The van der Waals surface area contributed by atoms with Crippen molar-refractivity contribution in [3.63, 3.8) is 0 Å². The Kier molecular flexibility index (Phi) is 3.74. The van der Waals surface area contributed by atoms with Gasteiger partial charge in [0.25, 0.3) is 5.91 Å². The summed E-state index contributed by atoms with van der Waals surface area (Å²) in [6, 6.07) is 1.15. The van der Waals surface area contributed by atoms with Crippen molar-refractivity contribution >= 4 is 11.9 Å². The van der Waals surface area contributed by atoms with Gasteiger partial charge in [-0.3, -0.25) is 4.79 Å². The van der Waals surface area contributed by atoms with Gasteiger partial charge in [-0.1, -0.05) is 6.92 Å². The van der Waals surface area contributed by atoms with Gasteiger partial charge < -0.3 is 10.4 Å². The average molecular weight is 283 g/mol. The van der Waals surface area contributed by atoms with Crippen molar-refractivity contribution in [2.75, 3.05) is 6.54 Å². The number of carbonyl (C=O) groups is 2. The topological polar surface area (TPSA) is 66.4 Å². The highest BCUT2D eigenvalue weighted by molar-refractivity contribution is 6.04. The molecule has 2 N–H and O–H groups in total. The van der Waals surface area contributed by atoms with E-state index in [-0.39, 0.29) is 11.0 Å². The van der Waals surface area contributed by atoms with Crippen LogP contribution < -0.4 is 5.32 Å². The second-order valence-electron chi connectivity index (χ2n) is 5.15. The van der Waals surface area contributed by atoms with Crippen molar-refractivity contribution in [1.29, 1.82) is 0 Å². The minimum Gasteiger partial charge on any atom is -0.478 e. The van der Waals surface area contributed by atoms with Crippen LogP contribution in [0.25, 0.3) is 0 Å². The van der Waals surface area contributed by atoms with Gasteiger partial charge in [0.05, 0.1) is 11.1 Å². The summed E-state index contributed by atoms with van der Waals surface area (Å²) in [5, 5.41) is 11.6. The van der Waals surface area contributed by atoms with E-state index in [1.165, 1.54) is 0 Å². The highest BCUT2D eigenvalue weighted by Crippen LogP contribution is 2.47. The molecule has 0 bridgehead atoms. The molecule has 0 unspecified atom stereocenters. The molecule has 0 aromatic heterocycles. The van der Waals surface area contributed by atoms with Crippen molar-refractivity contribution in [2.45, 2.75) is 26.2 Å². The normalized spacial score (nSPS) is 15.8. The fourth-order valence-corrected chi connectivity index (χ4v) is 2.11. The lowest BCUT2D eigenvalue weighted by molar-refractivity contribution is 0.0690. The SMILES string of the molecule is CCC1(CNC(=O)c2cc(F)c(F)cc2C(=O)O)CC1. The first-order valence-electron chi connectivity index (χ1n) is 6.39. The standard InChI is InChI=1S/C14H15F2NO3/c1-2-14(3-4-14)7-17-12(18)8-5-10(15)11(16)6-9(8)13(19)20/h5-6H,2-4,7H2,1H3,(H,17,18)(H,19,20). The quantitative estimate of drug-likeness (QED) is 0.872. The number of nitrogens with one attached hydrogen (secondary N) is 1. The minimum atomic E-state index is -1.47. The summed E-state index contributed by atoms with van der Waals surface area (Å²) in [5.41, 5.74) is -0.816. The predicted molar refractivity (Wildman–Crippen MR) is 67.6 cm³/mol. The molecule has 0 spiro atoms. The van der Waals surface area contributed by atoms with Crippen LogP contribution in [-0.4, -0.2) is 23.5 Å². The lowest BCUT2D eigenvalue weighted by Gasteiger charge is -2.14. The summed E-state index contributed by atoms with van der Waals surface area (Å²) in [7, 11) is 0. The Balaban J connectivity index is 2.20. The van der Waals surface area contributed by atoms with Crippen molar-refractivity contribution in [3.8, 4) is 0 Å². The second-order valence-corrected chi connectivity index (χ2v) is 5.15. The first kappa shape index (κ1) is 14.4. The van der Waals surface area contributed by atoms with Crippen molar-refractivity contribution in [3.05, 3.63) is 34.9 Å². The Bertz CT molecular complexity index is 568. The van der Waals surface area contributed by atoms with Crippen LogP contribution in [0.2, 0.25) is 0 Å². The molecule has 1 aliphatic rings. The maximum atomic E-state index is 13.2. The van der Waals surface area contributed by atoms with E-state index in [0.717, 1.165) is 19.3 Å². The summed E-state index contributed by atoms with van der Waals surface area (Å²) in [6.07, 6.45) is 2.93. The Morgan fingerprint density at radius 3 is 2.25 bits per heavy atom. The van der Waals surface area contributed by atoms with E-state index in [4.69, 9.17) is 5.11 Å². The first-order valence-corrected chi connectivity index (χ1v) is 6.39. The van der Waals surface area contributed by atoms with E-state index in [2.05, 4.69) is 5.32 Å². The number of carbonyl (C=O) groups excluding carboxylic acids is 1. The van der Waals surface area contributed by atoms with Crippen LogP contribution in [0.3, 0.4) is 0 Å². The second kappa shape index (κ2) is 5.19. The minimum absolute atomic E-state index is 0.0810. The molecular formula is C14H15F2NO3. The zero-order chi connectivity index (χ0) is 14.9. The van der Waals surface area contributed by atoms with E-state index in [9.17, 15) is 18.4 Å². The van der Waals surface area contributed by atoms with Crippen LogP contribution in [0, 0.1) is 17.0 Å². The van der Waals surface area contributed by atoms with Crippen molar-refractivity contribution in [1.82, 2.24) is 5.32 Å². The molecule has 1 aromatic rings. The monoisotopic (exact) mass is 283 g/mol. The molecule has 1 aliphatic carbocycles. The number of benzene rings is 1. The van der Waals surface area contributed by atoms with Crippen molar-refractivity contribution < 1.29 is 23.5 Å². The number of hydrogen-bond acceptors (Lipinski definition) is 2. The summed E-state index contributed by atoms with van der Waals surface area (Å²) in [5.74, 6) is -4.69. The van der Waals surface area contributed by atoms with Gasteiger partial charge >= 0.3 is 5.97 Å². The maximum Gasteiger partial charge on any atom is 0.336 e. The van der Waals surface area contributed by atoms with Crippen LogP contribution in [0.4, 0.5) is 8.78 Å². The van der Waals surface area contributed by atoms with E-state index in [0.29, 0.717) is 18.7 Å². The molecular weight excluding hydrogens is 268 g/mol. The fraction of sp³-hybridized carbons (Fsp3) is 0.429. The molecule has 1 saturated carbocycles. The maximum absolute atomic E-state index is 13.2. The molecule has 1 aromatic carbocycles. The molecule has 4 nitrogen and oxygen atoms in total. The number of carboxylic acid groups (broad SMARTS) is 1. The van der Waals surface area contributed by atoms with Gasteiger partial charge in [-0.25, -0.2) is 13.6 Å². The largest absolute Gasteiger partial charge is 0.478 e. The van der Waals surface area contributed by atoms with E-state index >= 15 is 0 Å². The smallest absolute Gasteiger partial charge is 0.336 e. The molecule has 1 amide bonds. The molecule has 0 heterocycles. The zero-order valence-corrected chi connectivity index (χ0v) is 11.0. The zero-order valence-electron chi connectivity index (χ0n) is 11.0. The fourth-order valence-electron chi connectivity index (χ4n) is 2.11. The lowest BCUT2D eigenvalue weighted by atomic mass is 10.0. The summed E-state index contributed by atoms with van der Waals surface area (Å²) < 4.78 is 26.2. The third kappa shape index (κ3) is 2.79. The Morgan fingerprint density at radius 1 is 1.25 bits per heavy atom. The van der Waals surface area contributed by atoms with Gasteiger partial charge in [-0.15, -0.1) is 0 Å². The molecule has 0 radical (unpaired) electrons. The van der Waals surface area contributed by atoms with Crippen molar-refractivity contribution in [2.24, 2.45) is 5.41 Å². The van der Waals surface area contributed by atoms with Gasteiger partial charge in [-0.05, 0) is 36.8 Å². The summed E-state index contributed by atoms with van der Waals surface area (Å²) in [4.78, 5) is 23.0. The average Bonchev–Trinajstić information content (AvgIpc) is 3.19. The van der Waals surface area contributed by atoms with Gasteiger partial charge in [-0.2, -0.15) is 0 Å². The van der Waals surface area contributed by atoms with E-state index in [1.807, 2.05) is 6.92 Å². The number of carboxylic acids is 1. The van der Waals surface area contributed by atoms with Gasteiger partial charge in [0, 0.05) is 6.54 Å². The number of rotatable bonds is 5. The molecule has 108 valence electrons. The third-order valence-electron chi connectivity index (χ3n) is 3.87. The van der Waals surface area contributed by atoms with Crippen LogP contribution in [-0.2, 0) is 0 Å². The van der Waals surface area contributed by atoms with Crippen LogP contribution in [0.1, 0.15) is 46.9 Å². The Morgan fingerprint density at radius 2 is 1.80 bits per heavy atom. The summed E-state index contributed by atoms with van der Waals surface area (Å²) >= 11 is 0. The molecule has 20 heavy (non-hydrogen) atoms. The molecule has 0 saturated heterocycles. The highest BCUT2D eigenvalue weighted by atomic mass is 19.2. The van der Waals surface area contributed by atoms with Gasteiger partial charge in [0.15, 0.2) is 11.6 Å². The Hall–Kier alpha value is -1.98. The Labute approximate surface area is 114 Å². The number of halogens is 2. The molecule has 6 heteroatoms. The van der Waals surface area contributed by atoms with E-state index < -0.39 is 29.1 Å². The van der Waals surface area contributed by atoms with Crippen LogP contribution in [0.5, 0.6) is 0 Å². The molecule has 2 rings (SSSR count). The van der Waals surface area contributed by atoms with Crippen LogP contribution in [0.15, 0.2) is 12.1 Å². The number of amides is 1. The predicted octanol–water partition coefficient (Wildman–Crippen LogP) is 2.58. The summed E-state index contributed by atoms with van der Waals surface area (Å²) in [6.45, 7) is 2.43. The molecule has 0 aliphatic heterocycles. The molecule has 1 fully saturated rings. The van der Waals surface area contributed by atoms with E-state index in [1.54, 1.807) is 0 Å². The van der Waals surface area contributed by atoms with Gasteiger partial charge in [0.1, 0.15) is 0 Å². The number of hydrogen-bond donors (Lipinski definition) is 2. The van der Waals surface area contributed by atoms with Gasteiger partial charge in [0.2, 0.25) is 0 Å².